The van der Waals surface area contributed by atoms with E-state index >= 15 is 0 Å². The lowest BCUT2D eigenvalue weighted by Gasteiger charge is -2.44. The molecule has 0 saturated carbocycles. The zero-order valence-electron chi connectivity index (χ0n) is 23.0. The molecular formula is C31H27F9N2O2. The van der Waals surface area contributed by atoms with E-state index in [1.807, 2.05) is 0 Å². The second kappa shape index (κ2) is 12.9. The Balaban J connectivity index is 1.68. The number of carbonyl (C=O) groups excluding carboxylic acids is 2. The van der Waals surface area contributed by atoms with Gasteiger partial charge in [0.15, 0.2) is 0 Å². The molecule has 3 aromatic carbocycles. The van der Waals surface area contributed by atoms with Gasteiger partial charge >= 0.3 is 24.4 Å². The van der Waals surface area contributed by atoms with Gasteiger partial charge in [-0.05, 0) is 55.0 Å². The van der Waals surface area contributed by atoms with Gasteiger partial charge in [0.1, 0.15) is 0 Å². The summed E-state index contributed by atoms with van der Waals surface area (Å²) in [6, 6.07) is 15.5. The Bertz CT molecular complexity index is 1410. The number of nitrogens with zero attached hydrogens (tertiary/aromatic N) is 2. The molecular weight excluding hydrogens is 603 g/mol. The normalized spacial score (nSPS) is 17.8. The van der Waals surface area contributed by atoms with Crippen molar-refractivity contribution >= 4 is 11.8 Å². The SMILES string of the molecule is O=C(c1cc(C(F)(F)F)cc(C(F)(F)F)c1)N1CC[C@H](N(CCc2ccccc2)C(=O)C(F)(F)F)C[C@H]1Cc1ccccc1. The summed E-state index contributed by atoms with van der Waals surface area (Å²) in [6.45, 7) is -0.590. The molecule has 0 bridgehead atoms. The van der Waals surface area contributed by atoms with E-state index in [1.54, 1.807) is 60.7 Å². The maximum absolute atomic E-state index is 13.7. The first-order valence-electron chi connectivity index (χ1n) is 13.6. The zero-order chi connectivity index (χ0) is 32.3. The third-order valence-corrected chi connectivity index (χ3v) is 7.53. The third-order valence-electron chi connectivity index (χ3n) is 7.53. The molecule has 0 unspecified atom stereocenters. The molecule has 4 rings (SSSR count). The molecule has 1 aliphatic heterocycles. The molecule has 0 aliphatic carbocycles. The van der Waals surface area contributed by atoms with Gasteiger partial charge in [0.2, 0.25) is 0 Å². The number of likely N-dealkylation sites (tertiary alicyclic amines) is 1. The van der Waals surface area contributed by atoms with Gasteiger partial charge in [0, 0.05) is 30.7 Å². The fraction of sp³-hybridized carbons (Fsp3) is 0.355. The van der Waals surface area contributed by atoms with Gasteiger partial charge in [0.25, 0.3) is 5.91 Å². The zero-order valence-corrected chi connectivity index (χ0v) is 23.0. The van der Waals surface area contributed by atoms with Gasteiger partial charge in [-0.2, -0.15) is 39.5 Å². The number of hydrogen-bond donors (Lipinski definition) is 0. The van der Waals surface area contributed by atoms with Crippen LogP contribution in [0.4, 0.5) is 39.5 Å². The van der Waals surface area contributed by atoms with Gasteiger partial charge in [-0.1, -0.05) is 60.7 Å². The van der Waals surface area contributed by atoms with Crippen LogP contribution < -0.4 is 0 Å². The standard InChI is InChI=1S/C31H27F9N2O2/c32-29(33,34)23-16-22(17-24(18-23)30(35,36)37)27(43)41-14-12-25(19-26(41)15-21-9-5-2-6-10-21)42(28(44)31(38,39)40)13-11-20-7-3-1-4-8-20/h1-10,16-18,25-26H,11-15,19H2/t25-,26+/m0/s1. The van der Waals surface area contributed by atoms with Crippen LogP contribution in [-0.4, -0.2) is 53.0 Å². The molecule has 13 heteroatoms. The Labute approximate surface area is 247 Å². The van der Waals surface area contributed by atoms with E-state index in [2.05, 4.69) is 0 Å². The van der Waals surface area contributed by atoms with E-state index in [0.29, 0.717) is 28.2 Å². The largest absolute Gasteiger partial charge is 0.471 e. The molecule has 44 heavy (non-hydrogen) atoms. The highest BCUT2D eigenvalue weighted by Crippen LogP contribution is 2.37. The predicted octanol–water partition coefficient (Wildman–Crippen LogP) is 7.57. The molecule has 4 nitrogen and oxygen atoms in total. The van der Waals surface area contributed by atoms with Gasteiger partial charge in [-0.3, -0.25) is 9.59 Å². The van der Waals surface area contributed by atoms with Gasteiger partial charge in [-0.25, -0.2) is 0 Å². The Morgan fingerprint density at radius 3 is 1.77 bits per heavy atom. The minimum absolute atomic E-state index is 0.0426. The summed E-state index contributed by atoms with van der Waals surface area (Å²) in [5.41, 5.74) is -2.85. The number of rotatable bonds is 7. The summed E-state index contributed by atoms with van der Waals surface area (Å²) < 4.78 is 122. The fourth-order valence-electron chi connectivity index (χ4n) is 5.41. The highest BCUT2D eigenvalue weighted by Gasteiger charge is 2.46. The average Bonchev–Trinajstić information content (AvgIpc) is 2.96. The quantitative estimate of drug-likeness (QED) is 0.253. The Morgan fingerprint density at radius 1 is 0.750 bits per heavy atom. The minimum atomic E-state index is -5.19. The Morgan fingerprint density at radius 2 is 1.27 bits per heavy atom. The summed E-state index contributed by atoms with van der Waals surface area (Å²) in [6.07, 6.45) is -15.7. The van der Waals surface area contributed by atoms with E-state index in [-0.39, 0.29) is 44.8 Å². The van der Waals surface area contributed by atoms with Crippen molar-refractivity contribution in [3.05, 3.63) is 107 Å². The highest BCUT2D eigenvalue weighted by atomic mass is 19.4. The van der Waals surface area contributed by atoms with Crippen LogP contribution >= 0.6 is 0 Å². The highest BCUT2D eigenvalue weighted by molar-refractivity contribution is 5.95. The van der Waals surface area contributed by atoms with Crippen molar-refractivity contribution in [1.29, 1.82) is 0 Å². The number of amides is 2. The molecule has 0 N–H and O–H groups in total. The lowest BCUT2D eigenvalue weighted by molar-refractivity contribution is -0.188. The molecule has 0 radical (unpaired) electrons. The first-order valence-corrected chi connectivity index (χ1v) is 13.6. The van der Waals surface area contributed by atoms with Crippen molar-refractivity contribution in [2.24, 2.45) is 0 Å². The van der Waals surface area contributed by atoms with E-state index in [9.17, 15) is 49.1 Å². The summed E-state index contributed by atoms with van der Waals surface area (Å²) in [4.78, 5) is 27.9. The summed E-state index contributed by atoms with van der Waals surface area (Å²) in [5.74, 6) is -3.19. The smallest absolute Gasteiger partial charge is 0.335 e. The van der Waals surface area contributed by atoms with Gasteiger partial charge in [0.05, 0.1) is 11.1 Å². The number of alkyl halides is 9. The van der Waals surface area contributed by atoms with Crippen molar-refractivity contribution in [3.8, 4) is 0 Å². The molecule has 0 spiro atoms. The van der Waals surface area contributed by atoms with Crippen LogP contribution in [0, 0.1) is 0 Å². The van der Waals surface area contributed by atoms with Crippen LogP contribution in [0.2, 0.25) is 0 Å². The molecule has 1 heterocycles. The van der Waals surface area contributed by atoms with E-state index < -0.39 is 59.1 Å². The molecule has 2 amide bonds. The van der Waals surface area contributed by atoms with Crippen LogP contribution in [0.5, 0.6) is 0 Å². The summed E-state index contributed by atoms with van der Waals surface area (Å²) in [7, 11) is 0. The molecule has 1 aliphatic rings. The third kappa shape index (κ3) is 8.11. The predicted molar refractivity (Wildman–Crippen MR) is 142 cm³/mol. The lowest BCUT2D eigenvalue weighted by atomic mass is 9.90. The number of carbonyl (C=O) groups is 2. The minimum Gasteiger partial charge on any atom is -0.335 e. The Kier molecular flexibility index (Phi) is 9.65. The van der Waals surface area contributed by atoms with E-state index in [4.69, 9.17) is 0 Å². The first kappa shape index (κ1) is 32.9. The fourth-order valence-corrected chi connectivity index (χ4v) is 5.41. The molecule has 236 valence electrons. The maximum Gasteiger partial charge on any atom is 0.471 e. The second-order valence-electron chi connectivity index (χ2n) is 10.5. The van der Waals surface area contributed by atoms with Crippen LogP contribution in [-0.2, 0) is 30.0 Å². The van der Waals surface area contributed by atoms with E-state index in [0.717, 1.165) is 4.90 Å². The van der Waals surface area contributed by atoms with Crippen molar-refractivity contribution in [2.45, 2.75) is 56.3 Å². The number of piperidine rings is 1. The monoisotopic (exact) mass is 630 g/mol. The van der Waals surface area contributed by atoms with Gasteiger partial charge in [-0.15, -0.1) is 0 Å². The molecule has 1 saturated heterocycles. The van der Waals surface area contributed by atoms with Gasteiger partial charge < -0.3 is 9.80 Å². The van der Waals surface area contributed by atoms with Crippen LogP contribution in [0.1, 0.15) is 45.5 Å². The van der Waals surface area contributed by atoms with Crippen molar-refractivity contribution in [1.82, 2.24) is 9.80 Å². The lowest BCUT2D eigenvalue weighted by Crippen LogP contribution is -2.56. The number of halogens is 9. The van der Waals surface area contributed by atoms with E-state index in [1.165, 1.54) is 0 Å². The van der Waals surface area contributed by atoms with Crippen LogP contribution in [0.15, 0.2) is 78.9 Å². The van der Waals surface area contributed by atoms with Crippen molar-refractivity contribution in [2.75, 3.05) is 13.1 Å². The van der Waals surface area contributed by atoms with Crippen LogP contribution in [0.3, 0.4) is 0 Å². The first-order chi connectivity index (χ1) is 20.5. The molecule has 3 aromatic rings. The van der Waals surface area contributed by atoms with Crippen molar-refractivity contribution < 1.29 is 49.1 Å². The number of benzene rings is 3. The average molecular weight is 631 g/mol. The summed E-state index contributed by atoms with van der Waals surface area (Å²) in [5, 5.41) is 0. The topological polar surface area (TPSA) is 40.6 Å². The van der Waals surface area contributed by atoms with Crippen molar-refractivity contribution in [3.63, 3.8) is 0 Å². The maximum atomic E-state index is 13.7. The summed E-state index contributed by atoms with van der Waals surface area (Å²) >= 11 is 0. The Hall–Kier alpha value is -4.03. The van der Waals surface area contributed by atoms with Crippen LogP contribution in [0.25, 0.3) is 0 Å². The second-order valence-corrected chi connectivity index (χ2v) is 10.5. The molecule has 1 fully saturated rings. The number of hydrogen-bond acceptors (Lipinski definition) is 2. The molecule has 2 atom stereocenters. The molecule has 0 aromatic heterocycles.